The number of likely N-dealkylation sites (N-methyl/N-ethyl adjacent to an activating group) is 1. The molecule has 0 aliphatic heterocycles. The van der Waals surface area contributed by atoms with Gasteiger partial charge in [-0.05, 0) is 13.0 Å². The van der Waals surface area contributed by atoms with E-state index >= 15 is 0 Å². The Hall–Kier alpha value is -2.24. The average Bonchev–Trinajstić information content (AvgIpc) is 2.35. The molecular weight excluding hydrogens is 239 g/mol. The molecule has 18 heavy (non-hydrogen) atoms. The predicted molar refractivity (Wildman–Crippen MR) is 64.8 cm³/mol. The largest absolute Gasteiger partial charge is 0.335 e. The molecule has 1 aromatic carbocycles. The Morgan fingerprint density at radius 1 is 1.61 bits per heavy atom. The van der Waals surface area contributed by atoms with E-state index in [2.05, 4.69) is 6.58 Å². The van der Waals surface area contributed by atoms with E-state index in [9.17, 15) is 19.3 Å². The van der Waals surface area contributed by atoms with Gasteiger partial charge in [0.15, 0.2) is 0 Å². The number of non-ortho nitro benzene ring substituents is 1. The first kappa shape index (κ1) is 13.8. The van der Waals surface area contributed by atoms with E-state index < -0.39 is 16.6 Å². The highest BCUT2D eigenvalue weighted by atomic mass is 19.1. The number of nitrogens with zero attached hydrogens (tertiary/aromatic N) is 2. The number of nitro benzene ring substituents is 1. The van der Waals surface area contributed by atoms with E-state index in [1.54, 1.807) is 6.92 Å². The lowest BCUT2D eigenvalue weighted by atomic mass is 10.1. The van der Waals surface area contributed by atoms with Crippen LogP contribution in [0, 0.1) is 15.9 Å². The smallest absolute Gasteiger partial charge is 0.270 e. The molecule has 96 valence electrons. The Bertz CT molecular complexity index is 488. The second-order valence-corrected chi connectivity index (χ2v) is 3.55. The van der Waals surface area contributed by atoms with Crippen LogP contribution >= 0.6 is 0 Å². The minimum absolute atomic E-state index is 0.261. The summed E-state index contributed by atoms with van der Waals surface area (Å²) < 4.78 is 13.5. The Labute approximate surface area is 104 Å². The number of hydrogen-bond donors (Lipinski definition) is 0. The van der Waals surface area contributed by atoms with Crippen LogP contribution in [0.15, 0.2) is 30.9 Å². The van der Waals surface area contributed by atoms with E-state index in [1.165, 1.54) is 11.0 Å². The van der Waals surface area contributed by atoms with Crippen LogP contribution in [0.25, 0.3) is 0 Å². The van der Waals surface area contributed by atoms with Gasteiger partial charge in [-0.1, -0.05) is 6.08 Å². The molecule has 0 saturated heterocycles. The van der Waals surface area contributed by atoms with Crippen molar-refractivity contribution in [1.29, 1.82) is 0 Å². The molecule has 0 unspecified atom stereocenters. The predicted octanol–water partition coefficient (Wildman–Crippen LogP) is 2.38. The molecule has 1 amide bonds. The van der Waals surface area contributed by atoms with Crippen LogP contribution in [0.2, 0.25) is 0 Å². The fourth-order valence-corrected chi connectivity index (χ4v) is 1.47. The molecule has 0 aliphatic rings. The molecule has 0 radical (unpaired) electrons. The van der Waals surface area contributed by atoms with E-state index in [0.717, 1.165) is 18.2 Å². The number of carbonyl (C=O) groups excluding carboxylic acids is 1. The third-order valence-corrected chi connectivity index (χ3v) is 2.41. The van der Waals surface area contributed by atoms with Crippen LogP contribution in [0.5, 0.6) is 0 Å². The minimum Gasteiger partial charge on any atom is -0.335 e. The fraction of sp³-hybridized carbons (Fsp3) is 0.250. The topological polar surface area (TPSA) is 63.5 Å². The summed E-state index contributed by atoms with van der Waals surface area (Å²) in [6, 6.07) is 2.90. The zero-order valence-electron chi connectivity index (χ0n) is 9.93. The van der Waals surface area contributed by atoms with Crippen molar-refractivity contribution in [3.8, 4) is 0 Å². The molecule has 0 atom stereocenters. The first-order valence-electron chi connectivity index (χ1n) is 5.35. The van der Waals surface area contributed by atoms with Gasteiger partial charge in [0.1, 0.15) is 5.82 Å². The van der Waals surface area contributed by atoms with Crippen molar-refractivity contribution in [2.45, 2.75) is 6.92 Å². The number of amides is 1. The molecule has 1 aromatic rings. The number of benzene rings is 1. The van der Waals surface area contributed by atoms with Crippen LogP contribution < -0.4 is 0 Å². The van der Waals surface area contributed by atoms with Crippen LogP contribution in [0.4, 0.5) is 10.1 Å². The standard InChI is InChI=1S/C12H13FN2O3/c1-3-7-14(4-2)12(16)10-8-9(15(17)18)5-6-11(10)13/h3,5-6,8H,1,4,7H2,2H3. The Morgan fingerprint density at radius 3 is 2.78 bits per heavy atom. The van der Waals surface area contributed by atoms with Crippen LogP contribution in [-0.4, -0.2) is 28.8 Å². The second kappa shape index (κ2) is 5.90. The lowest BCUT2D eigenvalue weighted by Crippen LogP contribution is -2.31. The Balaban J connectivity index is 3.14. The summed E-state index contributed by atoms with van der Waals surface area (Å²) >= 11 is 0. The highest BCUT2D eigenvalue weighted by molar-refractivity contribution is 5.95. The quantitative estimate of drug-likeness (QED) is 0.459. The maximum atomic E-state index is 13.5. The Kier molecular flexibility index (Phi) is 4.53. The van der Waals surface area contributed by atoms with E-state index in [0.29, 0.717) is 6.54 Å². The molecule has 5 nitrogen and oxygen atoms in total. The van der Waals surface area contributed by atoms with Gasteiger partial charge in [0, 0.05) is 25.2 Å². The molecule has 0 bridgehead atoms. The van der Waals surface area contributed by atoms with Crippen LogP contribution in [0.3, 0.4) is 0 Å². The molecule has 0 spiro atoms. The lowest BCUT2D eigenvalue weighted by molar-refractivity contribution is -0.384. The molecule has 0 fully saturated rings. The normalized spacial score (nSPS) is 9.89. The summed E-state index contributed by atoms with van der Waals surface area (Å²) in [6.45, 7) is 5.86. The summed E-state index contributed by atoms with van der Waals surface area (Å²) in [6.07, 6.45) is 1.51. The molecular formula is C12H13FN2O3. The van der Waals surface area contributed by atoms with Gasteiger partial charge in [-0.2, -0.15) is 0 Å². The van der Waals surface area contributed by atoms with Crippen molar-refractivity contribution in [2.75, 3.05) is 13.1 Å². The molecule has 1 rings (SSSR count). The molecule has 0 heterocycles. The van der Waals surface area contributed by atoms with Crippen molar-refractivity contribution in [3.63, 3.8) is 0 Å². The number of hydrogen-bond acceptors (Lipinski definition) is 3. The maximum Gasteiger partial charge on any atom is 0.270 e. The van der Waals surface area contributed by atoms with Gasteiger partial charge in [-0.25, -0.2) is 4.39 Å². The van der Waals surface area contributed by atoms with Gasteiger partial charge in [0.25, 0.3) is 11.6 Å². The van der Waals surface area contributed by atoms with Gasteiger partial charge in [-0.15, -0.1) is 6.58 Å². The highest BCUT2D eigenvalue weighted by Crippen LogP contribution is 2.18. The van der Waals surface area contributed by atoms with Gasteiger partial charge in [0.2, 0.25) is 0 Å². The summed E-state index contributed by atoms with van der Waals surface area (Å²) in [5.41, 5.74) is -0.609. The van der Waals surface area contributed by atoms with Gasteiger partial charge in [0.05, 0.1) is 10.5 Å². The zero-order chi connectivity index (χ0) is 13.7. The molecule has 0 aromatic heterocycles. The van der Waals surface area contributed by atoms with Crippen molar-refractivity contribution in [1.82, 2.24) is 4.90 Å². The third-order valence-electron chi connectivity index (χ3n) is 2.41. The Morgan fingerprint density at radius 2 is 2.28 bits per heavy atom. The summed E-state index contributed by atoms with van der Waals surface area (Å²) in [5, 5.41) is 10.6. The maximum absolute atomic E-state index is 13.5. The number of carbonyl (C=O) groups is 1. The van der Waals surface area contributed by atoms with Gasteiger partial charge >= 0.3 is 0 Å². The van der Waals surface area contributed by atoms with Crippen molar-refractivity contribution in [3.05, 3.63) is 52.3 Å². The van der Waals surface area contributed by atoms with E-state index in [1.807, 2.05) is 0 Å². The second-order valence-electron chi connectivity index (χ2n) is 3.55. The zero-order valence-corrected chi connectivity index (χ0v) is 9.93. The first-order chi connectivity index (χ1) is 8.51. The fourth-order valence-electron chi connectivity index (χ4n) is 1.47. The molecule has 0 N–H and O–H groups in total. The molecule has 0 saturated carbocycles. The SMILES string of the molecule is C=CCN(CC)C(=O)c1cc([N+](=O)[O-])ccc1F. The molecule has 0 aliphatic carbocycles. The van der Waals surface area contributed by atoms with E-state index in [-0.39, 0.29) is 17.8 Å². The summed E-state index contributed by atoms with van der Waals surface area (Å²) in [5.74, 6) is -1.35. The minimum atomic E-state index is -0.770. The summed E-state index contributed by atoms with van der Waals surface area (Å²) in [4.78, 5) is 23.2. The average molecular weight is 252 g/mol. The number of rotatable bonds is 5. The first-order valence-corrected chi connectivity index (χ1v) is 5.35. The van der Waals surface area contributed by atoms with Crippen molar-refractivity contribution in [2.24, 2.45) is 0 Å². The number of halogens is 1. The van der Waals surface area contributed by atoms with E-state index in [4.69, 9.17) is 0 Å². The third kappa shape index (κ3) is 2.91. The van der Waals surface area contributed by atoms with Crippen LogP contribution in [-0.2, 0) is 0 Å². The molecule has 6 heteroatoms. The monoisotopic (exact) mass is 252 g/mol. The van der Waals surface area contributed by atoms with Crippen molar-refractivity contribution < 1.29 is 14.1 Å². The number of nitro groups is 1. The van der Waals surface area contributed by atoms with Gasteiger partial charge in [-0.3, -0.25) is 14.9 Å². The van der Waals surface area contributed by atoms with Crippen LogP contribution in [0.1, 0.15) is 17.3 Å². The van der Waals surface area contributed by atoms with Crippen molar-refractivity contribution >= 4 is 11.6 Å². The lowest BCUT2D eigenvalue weighted by Gasteiger charge is -2.19. The summed E-state index contributed by atoms with van der Waals surface area (Å²) in [7, 11) is 0. The highest BCUT2D eigenvalue weighted by Gasteiger charge is 2.20. The van der Waals surface area contributed by atoms with Gasteiger partial charge < -0.3 is 4.90 Å².